The summed E-state index contributed by atoms with van der Waals surface area (Å²) in [5.41, 5.74) is -6.67. The number of rotatable bonds is 21. The Labute approximate surface area is 600 Å². The standard InChI is InChI=1S/C16H26O4.C15H19NO4.C15H22O4.C12H22O4.C12H22O3.C8H16O3/c1-4-13(2,3)12(17)20-16-7-11-5-14(18,9-16)8-15(19,6-11)10-16;1-4-14(2,3)12(17)19-10-8-5-9-11(10)20-13(18)15(9,6-8)7-16;1-4-15(2,3)14(17)19-11-6-8-5-9(11)10-7-18-13(16)12(8)10;1-3-12(2,8-13)11(15)16-10-6-4-9(14)5-7-10;1-3-12(2,9-13)11(14)15-10-7-5-4-6-8-10;1-4-8(2,3)7(10)11-6-5-9/h11,18-19H,4-10H2,1-3H3;8-11H,4-6H2,1-3H3;8-12H,4-7H2,1-3H3;9-10,13-14H,3-8H2,1-2H3;10,13H,3-9H2,1-2H3;9H,4-6H2,1-3H3. The van der Waals surface area contributed by atoms with Crippen LogP contribution in [0.3, 0.4) is 0 Å². The van der Waals surface area contributed by atoms with Crippen LogP contribution >= 0.6 is 0 Å². The summed E-state index contributed by atoms with van der Waals surface area (Å²) in [6, 6.07) is 2.15. The van der Waals surface area contributed by atoms with Gasteiger partial charge in [-0.25, -0.2) is 0 Å². The lowest BCUT2D eigenvalue weighted by molar-refractivity contribution is -0.264. The minimum Gasteiger partial charge on any atom is -0.465 e. The molecule has 8 bridgehead atoms. The number of fused-ring (bicyclic) bond motifs is 6. The van der Waals surface area contributed by atoms with Crippen LogP contribution in [0.1, 0.15) is 271 Å². The zero-order valence-corrected chi connectivity index (χ0v) is 63.9. The average Bonchev–Trinajstić information content (AvgIpc) is 1.68. The minimum absolute atomic E-state index is 0.000856. The van der Waals surface area contributed by atoms with E-state index >= 15 is 0 Å². The normalized spacial score (nSPS) is 34.1. The molecule has 6 N–H and O–H groups in total. The summed E-state index contributed by atoms with van der Waals surface area (Å²) in [4.78, 5) is 95.1. The molecule has 0 aromatic heterocycles. The Morgan fingerprint density at radius 1 is 0.554 bits per heavy atom. The molecule has 0 amide bonds. The SMILES string of the molecule is CCC(C)(C)C(=O)OC12CC3CC(O)(CC(O)(C3)C1)C2.CCC(C)(C)C(=O)OC1C2CC3C1OC(=O)C3(C#N)C2.CCC(C)(C)C(=O)OC1CC2CC1C1COC(=O)C21.CCC(C)(C)C(=O)OCCO.CCC(C)(CO)C(=O)OC1CCC(O)CC1.CCC(C)(CO)C(=O)OC1CCCCC1. The van der Waals surface area contributed by atoms with Gasteiger partial charge in [0.25, 0.3) is 0 Å². The molecule has 23 nitrogen and oxygen atoms in total. The summed E-state index contributed by atoms with van der Waals surface area (Å²) in [5.74, 6) is -0.488. The van der Waals surface area contributed by atoms with Gasteiger partial charge in [0.15, 0.2) is 5.41 Å². The van der Waals surface area contributed by atoms with Gasteiger partial charge in [-0.1, -0.05) is 48.0 Å². The highest BCUT2D eigenvalue weighted by Crippen LogP contribution is 2.63. The first-order valence-electron chi connectivity index (χ1n) is 38.1. The van der Waals surface area contributed by atoms with Crippen LogP contribution in [-0.2, 0) is 76.3 Å². The van der Waals surface area contributed by atoms with Crippen LogP contribution < -0.4 is 0 Å². The zero-order chi connectivity index (χ0) is 75.7. The fourth-order valence-electron chi connectivity index (χ4n) is 16.5. The first kappa shape index (κ1) is 84.9. The third-order valence-electron chi connectivity index (χ3n) is 25.4. The lowest BCUT2D eigenvalue weighted by Gasteiger charge is -2.62. The second-order valence-corrected chi connectivity index (χ2v) is 34.8. The average molecular weight is 1430 g/mol. The zero-order valence-electron chi connectivity index (χ0n) is 63.9. The van der Waals surface area contributed by atoms with Crippen molar-refractivity contribution in [2.75, 3.05) is 33.0 Å². The van der Waals surface area contributed by atoms with Crippen LogP contribution in [0.15, 0.2) is 0 Å². The van der Waals surface area contributed by atoms with Gasteiger partial charge in [0.1, 0.15) is 42.7 Å². The van der Waals surface area contributed by atoms with Gasteiger partial charge in [-0.3, -0.25) is 38.4 Å². The molecule has 2 aliphatic heterocycles. The van der Waals surface area contributed by atoms with Crippen molar-refractivity contribution in [2.24, 2.45) is 79.3 Å². The van der Waals surface area contributed by atoms with Gasteiger partial charge in [-0.05, 0) is 216 Å². The maximum absolute atomic E-state index is 12.4. The van der Waals surface area contributed by atoms with Crippen LogP contribution in [0.5, 0.6) is 0 Å². The molecule has 2 saturated heterocycles. The Kier molecular flexibility index (Phi) is 28.6. The smallest absolute Gasteiger partial charge is 0.327 e. The van der Waals surface area contributed by atoms with Crippen LogP contribution in [-0.4, -0.2) is 165 Å². The quantitative estimate of drug-likeness (QED) is 0.0459. The maximum Gasteiger partial charge on any atom is 0.327 e. The van der Waals surface area contributed by atoms with Gasteiger partial charge in [-0.2, -0.15) is 5.26 Å². The van der Waals surface area contributed by atoms with Crippen LogP contribution in [0.4, 0.5) is 0 Å². The molecular weight excluding hydrogens is 1300 g/mol. The van der Waals surface area contributed by atoms with Gasteiger partial charge in [0, 0.05) is 42.9 Å². The van der Waals surface area contributed by atoms with Crippen molar-refractivity contribution >= 4 is 47.8 Å². The van der Waals surface area contributed by atoms with Crippen molar-refractivity contribution in [2.45, 2.75) is 325 Å². The Balaban J connectivity index is 0.000000193. The van der Waals surface area contributed by atoms with E-state index in [1.807, 2.05) is 96.9 Å². The van der Waals surface area contributed by atoms with Crippen LogP contribution in [0, 0.1) is 90.7 Å². The molecule has 2 heterocycles. The van der Waals surface area contributed by atoms with Gasteiger partial charge in [0.2, 0.25) is 0 Å². The third kappa shape index (κ3) is 19.7. The second kappa shape index (κ2) is 34.1. The minimum atomic E-state index is -0.974. The summed E-state index contributed by atoms with van der Waals surface area (Å²) in [6.45, 7) is 30.3. The van der Waals surface area contributed by atoms with Crippen molar-refractivity contribution in [3.63, 3.8) is 0 Å². The molecule has 23 heteroatoms. The van der Waals surface area contributed by atoms with Crippen LogP contribution in [0.2, 0.25) is 0 Å². The predicted molar refractivity (Wildman–Crippen MR) is 371 cm³/mol. The molecule has 10 saturated carbocycles. The number of aliphatic hydroxyl groups is 6. The van der Waals surface area contributed by atoms with Gasteiger partial charge < -0.3 is 68.5 Å². The Hall–Kier alpha value is -4.99. The molecule has 12 aliphatic rings. The van der Waals surface area contributed by atoms with E-state index in [1.165, 1.54) is 6.42 Å². The van der Waals surface area contributed by atoms with Crippen molar-refractivity contribution in [3.8, 4) is 6.07 Å². The number of carbonyl (C=O) groups is 8. The maximum atomic E-state index is 12.4. The van der Waals surface area contributed by atoms with E-state index in [9.17, 15) is 69.2 Å². The number of esters is 8. The number of cyclic esters (lactones) is 1. The highest BCUT2D eigenvalue weighted by Gasteiger charge is 2.73. The number of ether oxygens (including phenoxy) is 8. The Bertz CT molecular complexity index is 2870. The number of hydrogen-bond acceptors (Lipinski definition) is 23. The molecule has 0 spiro atoms. The van der Waals surface area contributed by atoms with E-state index in [0.717, 1.165) is 96.3 Å². The van der Waals surface area contributed by atoms with Crippen molar-refractivity contribution in [1.29, 1.82) is 5.26 Å². The van der Waals surface area contributed by atoms with Crippen molar-refractivity contribution in [1.82, 2.24) is 0 Å². The summed E-state index contributed by atoms with van der Waals surface area (Å²) < 4.78 is 43.4. The molecule has 12 fully saturated rings. The molecule has 0 radical (unpaired) electrons. The first-order chi connectivity index (χ1) is 47.1. The van der Waals surface area contributed by atoms with Crippen molar-refractivity contribution in [3.05, 3.63) is 0 Å². The second-order valence-electron chi connectivity index (χ2n) is 34.8. The first-order valence-corrected chi connectivity index (χ1v) is 38.1. The summed E-state index contributed by atoms with van der Waals surface area (Å²) in [5, 5.41) is 66.7. The molecule has 576 valence electrons. The summed E-state index contributed by atoms with van der Waals surface area (Å²) in [6.07, 6.45) is 18.2. The van der Waals surface area contributed by atoms with Gasteiger partial charge in [-0.15, -0.1) is 0 Å². The molecule has 14 atom stereocenters. The van der Waals surface area contributed by atoms with E-state index in [1.54, 1.807) is 13.8 Å². The number of nitrogens with zero attached hydrogens (tertiary/aromatic N) is 1. The topological polar surface area (TPSA) is 356 Å². The Morgan fingerprint density at radius 2 is 1.05 bits per heavy atom. The highest BCUT2D eigenvalue weighted by molar-refractivity contribution is 5.85. The fourth-order valence-corrected chi connectivity index (χ4v) is 16.5. The summed E-state index contributed by atoms with van der Waals surface area (Å²) >= 11 is 0. The van der Waals surface area contributed by atoms with E-state index in [4.69, 9.17) is 43.0 Å². The fraction of sp³-hybridized carbons (Fsp3) is 0.885. The third-order valence-corrected chi connectivity index (χ3v) is 25.4. The molecule has 0 aromatic rings. The lowest BCUT2D eigenvalue weighted by Crippen LogP contribution is -2.67. The molecule has 12 rings (SSSR count). The number of aliphatic hydroxyl groups excluding tert-OH is 4. The number of carbonyl (C=O) groups excluding carboxylic acids is 8. The van der Waals surface area contributed by atoms with E-state index < -0.39 is 66.8 Å². The van der Waals surface area contributed by atoms with E-state index in [2.05, 4.69) is 6.07 Å². The number of nitriles is 1. The number of hydrogen-bond donors (Lipinski definition) is 6. The van der Waals surface area contributed by atoms with E-state index in [0.29, 0.717) is 76.2 Å². The molecule has 14 unspecified atom stereocenters. The molecular formula is C78H127NO22. The Morgan fingerprint density at radius 3 is 1.52 bits per heavy atom. The highest BCUT2D eigenvalue weighted by atomic mass is 16.6. The molecule has 10 aliphatic carbocycles. The van der Waals surface area contributed by atoms with Crippen LogP contribution in [0.25, 0.3) is 0 Å². The van der Waals surface area contributed by atoms with E-state index in [-0.39, 0.29) is 128 Å². The van der Waals surface area contributed by atoms with Gasteiger partial charge >= 0.3 is 47.8 Å². The molecule has 0 aromatic carbocycles. The largest absolute Gasteiger partial charge is 0.465 e. The molecule has 101 heavy (non-hydrogen) atoms. The van der Waals surface area contributed by atoms with Gasteiger partial charge in [0.05, 0.1) is 88.2 Å². The monoisotopic (exact) mass is 1430 g/mol. The van der Waals surface area contributed by atoms with Crippen molar-refractivity contribution < 1.29 is 107 Å². The summed E-state index contributed by atoms with van der Waals surface area (Å²) in [7, 11) is 0. The predicted octanol–water partition coefficient (Wildman–Crippen LogP) is 10.6. The lowest BCUT2D eigenvalue weighted by atomic mass is 9.50.